The van der Waals surface area contributed by atoms with Crippen LogP contribution in [0.4, 0.5) is 0 Å². The zero-order valence-corrected chi connectivity index (χ0v) is 17.7. The lowest BCUT2D eigenvalue weighted by molar-refractivity contribution is -0.135. The Kier molecular flexibility index (Phi) is 10.5. The second-order valence-corrected chi connectivity index (χ2v) is 8.52. The van der Waals surface area contributed by atoms with E-state index in [1.54, 1.807) is 5.48 Å². The number of aryl methyl sites for hydroxylation is 1. The van der Waals surface area contributed by atoms with Crippen molar-refractivity contribution in [2.75, 3.05) is 6.61 Å². The van der Waals surface area contributed by atoms with Gasteiger partial charge >= 0.3 is 0 Å². The first-order valence-electron chi connectivity index (χ1n) is 10.6. The summed E-state index contributed by atoms with van der Waals surface area (Å²) in [5.74, 6) is -0.829. The van der Waals surface area contributed by atoms with Crippen molar-refractivity contribution in [1.82, 2.24) is 10.8 Å². The number of carbonyl (C=O) groups excluding carboxylic acids is 2. The van der Waals surface area contributed by atoms with E-state index in [2.05, 4.69) is 5.32 Å². The molecule has 0 bridgehead atoms. The molecule has 7 heteroatoms. The summed E-state index contributed by atoms with van der Waals surface area (Å²) in [6.07, 6.45) is 8.67. The number of hydrogen-bond donors (Lipinski definition) is 4. The Morgan fingerprint density at radius 2 is 1.83 bits per heavy atom. The Morgan fingerprint density at radius 3 is 2.45 bits per heavy atom. The topological polar surface area (TPSA) is 98.7 Å². The minimum atomic E-state index is -0.579. The van der Waals surface area contributed by atoms with Crippen LogP contribution in [0.3, 0.4) is 0 Å². The van der Waals surface area contributed by atoms with Crippen molar-refractivity contribution < 1.29 is 19.9 Å². The summed E-state index contributed by atoms with van der Waals surface area (Å²) in [7, 11) is 0. The van der Waals surface area contributed by atoms with Gasteiger partial charge in [-0.2, -0.15) is 0 Å². The van der Waals surface area contributed by atoms with Gasteiger partial charge in [0.05, 0.1) is 12.6 Å². The molecular weight excluding hydrogens is 392 g/mol. The van der Waals surface area contributed by atoms with Crippen LogP contribution in [0.2, 0.25) is 5.02 Å². The number of hydroxylamine groups is 1. The Balaban J connectivity index is 1.88. The summed E-state index contributed by atoms with van der Waals surface area (Å²) < 4.78 is 0. The third-order valence-corrected chi connectivity index (χ3v) is 6.02. The molecule has 2 atom stereocenters. The molecule has 0 aromatic heterocycles. The number of hydrogen-bond acceptors (Lipinski definition) is 4. The van der Waals surface area contributed by atoms with Crippen molar-refractivity contribution in [1.29, 1.82) is 0 Å². The SMILES string of the molecule is O=C(CC(CCCc1ccc(Cl)cc1)C(=O)NC(CO)CC1CCCCC1)NO. The fraction of sp³-hybridized carbons (Fsp3) is 0.636. The van der Waals surface area contributed by atoms with Gasteiger partial charge < -0.3 is 10.4 Å². The van der Waals surface area contributed by atoms with Crippen LogP contribution in [-0.4, -0.2) is 34.8 Å². The number of aliphatic hydroxyl groups is 1. The largest absolute Gasteiger partial charge is 0.394 e. The summed E-state index contributed by atoms with van der Waals surface area (Å²) in [5.41, 5.74) is 2.73. The van der Waals surface area contributed by atoms with E-state index in [4.69, 9.17) is 16.8 Å². The van der Waals surface area contributed by atoms with E-state index in [1.165, 1.54) is 19.3 Å². The Morgan fingerprint density at radius 1 is 1.14 bits per heavy atom. The predicted molar refractivity (Wildman–Crippen MR) is 113 cm³/mol. The van der Waals surface area contributed by atoms with Gasteiger partial charge in [-0.1, -0.05) is 55.8 Å². The number of rotatable bonds is 11. The van der Waals surface area contributed by atoms with Gasteiger partial charge in [0, 0.05) is 17.4 Å². The molecule has 29 heavy (non-hydrogen) atoms. The fourth-order valence-corrected chi connectivity index (χ4v) is 4.25. The maximum Gasteiger partial charge on any atom is 0.244 e. The molecule has 6 nitrogen and oxygen atoms in total. The molecule has 0 aliphatic heterocycles. The molecular formula is C22H33ClN2O4. The summed E-state index contributed by atoms with van der Waals surface area (Å²) in [6, 6.07) is 7.27. The predicted octanol–water partition coefficient (Wildman–Crippen LogP) is 3.62. The molecule has 1 fully saturated rings. The summed E-state index contributed by atoms with van der Waals surface area (Å²) >= 11 is 5.90. The molecule has 1 saturated carbocycles. The Hall–Kier alpha value is -1.63. The summed E-state index contributed by atoms with van der Waals surface area (Å²) in [5, 5.41) is 22.2. The van der Waals surface area contributed by atoms with Crippen molar-refractivity contribution >= 4 is 23.4 Å². The zero-order valence-electron chi connectivity index (χ0n) is 16.9. The van der Waals surface area contributed by atoms with Crippen LogP contribution in [0.1, 0.15) is 63.4 Å². The number of nitrogens with one attached hydrogen (secondary N) is 2. The minimum Gasteiger partial charge on any atom is -0.394 e. The maximum atomic E-state index is 12.8. The zero-order chi connectivity index (χ0) is 21.1. The average Bonchev–Trinajstić information content (AvgIpc) is 2.74. The van der Waals surface area contributed by atoms with Gasteiger partial charge in [0.2, 0.25) is 11.8 Å². The van der Waals surface area contributed by atoms with E-state index in [1.807, 2.05) is 24.3 Å². The standard InChI is InChI=1S/C22H33ClN2O4/c23-19-11-9-16(10-12-19)7-4-8-18(14-21(27)25-29)22(28)24-20(15-26)13-17-5-2-1-3-6-17/h9-12,17-18,20,26,29H,1-8,13-15H2,(H,24,28)(H,25,27). The lowest BCUT2D eigenvalue weighted by Crippen LogP contribution is -2.43. The average molecular weight is 425 g/mol. The molecule has 0 radical (unpaired) electrons. The van der Waals surface area contributed by atoms with Gasteiger partial charge in [-0.15, -0.1) is 0 Å². The highest BCUT2D eigenvalue weighted by atomic mass is 35.5. The van der Waals surface area contributed by atoms with E-state index >= 15 is 0 Å². The second kappa shape index (κ2) is 12.8. The molecule has 1 aliphatic carbocycles. The molecule has 1 aromatic rings. The fourth-order valence-electron chi connectivity index (χ4n) is 4.12. The number of amides is 2. The van der Waals surface area contributed by atoms with Crippen LogP contribution in [-0.2, 0) is 16.0 Å². The molecule has 0 heterocycles. The third kappa shape index (κ3) is 8.72. The van der Waals surface area contributed by atoms with Gasteiger partial charge in [-0.3, -0.25) is 14.8 Å². The smallest absolute Gasteiger partial charge is 0.244 e. The molecule has 2 rings (SSSR count). The van der Waals surface area contributed by atoms with E-state index in [0.29, 0.717) is 17.4 Å². The molecule has 162 valence electrons. The van der Waals surface area contributed by atoms with Crippen LogP contribution < -0.4 is 10.8 Å². The highest BCUT2D eigenvalue weighted by molar-refractivity contribution is 6.30. The van der Waals surface area contributed by atoms with E-state index in [0.717, 1.165) is 37.7 Å². The highest BCUT2D eigenvalue weighted by Gasteiger charge is 2.25. The molecule has 4 N–H and O–H groups in total. The van der Waals surface area contributed by atoms with Crippen molar-refractivity contribution in [3.8, 4) is 0 Å². The first kappa shape index (κ1) is 23.6. The van der Waals surface area contributed by atoms with Gasteiger partial charge in [0.25, 0.3) is 0 Å². The molecule has 2 unspecified atom stereocenters. The number of halogens is 1. The highest BCUT2D eigenvalue weighted by Crippen LogP contribution is 2.27. The van der Waals surface area contributed by atoms with Crippen molar-refractivity contribution in [2.45, 2.75) is 70.3 Å². The summed E-state index contributed by atoms with van der Waals surface area (Å²) in [6.45, 7) is -0.105. The van der Waals surface area contributed by atoms with Crippen molar-refractivity contribution in [2.24, 2.45) is 11.8 Å². The van der Waals surface area contributed by atoms with E-state index in [9.17, 15) is 14.7 Å². The second-order valence-electron chi connectivity index (χ2n) is 8.08. The van der Waals surface area contributed by atoms with Crippen LogP contribution in [0.25, 0.3) is 0 Å². The van der Waals surface area contributed by atoms with Crippen LogP contribution in [0, 0.1) is 11.8 Å². The maximum absolute atomic E-state index is 12.8. The normalized spacial score (nSPS) is 16.8. The summed E-state index contributed by atoms with van der Waals surface area (Å²) in [4.78, 5) is 24.5. The molecule has 2 amide bonds. The molecule has 1 aliphatic rings. The van der Waals surface area contributed by atoms with E-state index in [-0.39, 0.29) is 25.0 Å². The van der Waals surface area contributed by atoms with Gasteiger partial charge in [-0.25, -0.2) is 5.48 Å². The van der Waals surface area contributed by atoms with Crippen LogP contribution in [0.5, 0.6) is 0 Å². The first-order valence-corrected chi connectivity index (χ1v) is 11.0. The van der Waals surface area contributed by atoms with Gasteiger partial charge in [0.15, 0.2) is 0 Å². The first-order chi connectivity index (χ1) is 14.0. The quantitative estimate of drug-likeness (QED) is 0.322. The monoisotopic (exact) mass is 424 g/mol. The van der Waals surface area contributed by atoms with Crippen molar-refractivity contribution in [3.63, 3.8) is 0 Å². The number of benzene rings is 1. The molecule has 0 spiro atoms. The van der Waals surface area contributed by atoms with Crippen LogP contribution in [0.15, 0.2) is 24.3 Å². The van der Waals surface area contributed by atoms with E-state index < -0.39 is 11.8 Å². The Labute approximate surface area is 178 Å². The third-order valence-electron chi connectivity index (χ3n) is 5.77. The minimum absolute atomic E-state index is 0.0788. The van der Waals surface area contributed by atoms with Crippen molar-refractivity contribution in [3.05, 3.63) is 34.9 Å². The Bertz CT molecular complexity index is 632. The molecule has 0 saturated heterocycles. The lowest BCUT2D eigenvalue weighted by Gasteiger charge is -2.27. The van der Waals surface area contributed by atoms with Gasteiger partial charge in [0.1, 0.15) is 0 Å². The van der Waals surface area contributed by atoms with Crippen LogP contribution >= 0.6 is 11.6 Å². The number of aliphatic hydroxyl groups excluding tert-OH is 1. The lowest BCUT2D eigenvalue weighted by atomic mass is 9.84. The molecule has 1 aromatic carbocycles. The number of carbonyl (C=O) groups is 2. The van der Waals surface area contributed by atoms with Gasteiger partial charge in [-0.05, 0) is 49.3 Å².